The molecule has 20 heavy (non-hydrogen) atoms. The van der Waals surface area contributed by atoms with Gasteiger partial charge in [0.1, 0.15) is 11.6 Å². The number of nitrogens with one attached hydrogen (secondary N) is 1. The summed E-state index contributed by atoms with van der Waals surface area (Å²) >= 11 is 0. The van der Waals surface area contributed by atoms with E-state index in [4.69, 9.17) is 4.42 Å². The van der Waals surface area contributed by atoms with Gasteiger partial charge in [-0.25, -0.2) is 9.97 Å². The van der Waals surface area contributed by atoms with E-state index in [2.05, 4.69) is 15.0 Å². The number of aromatic amines is 1. The highest BCUT2D eigenvalue weighted by molar-refractivity contribution is 5.93. The maximum absolute atomic E-state index is 12.6. The molecule has 1 N–H and O–H groups in total. The number of amides is 1. The quantitative estimate of drug-likeness (QED) is 0.909. The zero-order valence-electron chi connectivity index (χ0n) is 11.9. The van der Waals surface area contributed by atoms with Crippen LogP contribution in [0.5, 0.6) is 0 Å². The molecule has 0 spiro atoms. The van der Waals surface area contributed by atoms with Gasteiger partial charge in [-0.2, -0.15) is 0 Å². The molecule has 0 saturated carbocycles. The monoisotopic (exact) mass is 274 g/mol. The van der Waals surface area contributed by atoms with Crippen LogP contribution in [-0.2, 0) is 13.0 Å². The fourth-order valence-corrected chi connectivity index (χ4v) is 2.59. The van der Waals surface area contributed by atoms with Crippen LogP contribution in [-0.4, -0.2) is 32.3 Å². The van der Waals surface area contributed by atoms with Crippen molar-refractivity contribution in [2.45, 2.75) is 39.7 Å². The van der Waals surface area contributed by atoms with Crippen molar-refractivity contribution in [1.82, 2.24) is 19.9 Å². The standard InChI is InChI=1S/C14H18N4O2/c1-8(2)13-12(15-7-20-13)14(19)18-5-4-10-11(6-18)17-9(3)16-10/h7-8H,4-6H2,1-3H3,(H,16,17). The van der Waals surface area contributed by atoms with Crippen molar-refractivity contribution in [3.05, 3.63) is 35.1 Å². The molecule has 1 aliphatic heterocycles. The fourth-order valence-electron chi connectivity index (χ4n) is 2.59. The molecule has 0 radical (unpaired) electrons. The van der Waals surface area contributed by atoms with Gasteiger partial charge in [-0.15, -0.1) is 0 Å². The number of hydrogen-bond acceptors (Lipinski definition) is 4. The van der Waals surface area contributed by atoms with Gasteiger partial charge in [-0.05, 0) is 6.92 Å². The zero-order valence-corrected chi connectivity index (χ0v) is 11.9. The lowest BCUT2D eigenvalue weighted by atomic mass is 10.1. The third-order valence-electron chi connectivity index (χ3n) is 3.56. The van der Waals surface area contributed by atoms with Gasteiger partial charge in [-0.1, -0.05) is 13.8 Å². The fraction of sp³-hybridized carbons (Fsp3) is 0.500. The predicted octanol–water partition coefficient (Wildman–Crippen LogP) is 2.03. The lowest BCUT2D eigenvalue weighted by molar-refractivity contribution is 0.0723. The highest BCUT2D eigenvalue weighted by Gasteiger charge is 2.28. The molecule has 6 nitrogen and oxygen atoms in total. The second-order valence-corrected chi connectivity index (χ2v) is 5.44. The Kier molecular flexibility index (Phi) is 3.08. The minimum absolute atomic E-state index is 0.0691. The van der Waals surface area contributed by atoms with Crippen molar-refractivity contribution in [2.24, 2.45) is 0 Å². The van der Waals surface area contributed by atoms with Crippen LogP contribution in [0.15, 0.2) is 10.8 Å². The molecule has 0 unspecified atom stereocenters. The normalized spacial score (nSPS) is 14.7. The molecule has 106 valence electrons. The van der Waals surface area contributed by atoms with Gasteiger partial charge in [0.15, 0.2) is 12.1 Å². The number of oxazole rings is 1. The summed E-state index contributed by atoms with van der Waals surface area (Å²) in [6.07, 6.45) is 2.12. The number of nitrogens with zero attached hydrogens (tertiary/aromatic N) is 3. The first-order chi connectivity index (χ1) is 9.56. The molecule has 2 aromatic heterocycles. The number of aryl methyl sites for hydroxylation is 1. The second kappa shape index (κ2) is 4.77. The first-order valence-electron chi connectivity index (χ1n) is 6.83. The van der Waals surface area contributed by atoms with Crippen molar-refractivity contribution in [3.63, 3.8) is 0 Å². The van der Waals surface area contributed by atoms with Crippen molar-refractivity contribution in [2.75, 3.05) is 6.54 Å². The molecule has 0 bridgehead atoms. The summed E-state index contributed by atoms with van der Waals surface area (Å²) in [5.41, 5.74) is 2.52. The van der Waals surface area contributed by atoms with Gasteiger partial charge in [-0.3, -0.25) is 4.79 Å². The molecule has 6 heteroatoms. The summed E-state index contributed by atoms with van der Waals surface area (Å²) in [4.78, 5) is 26.1. The highest BCUT2D eigenvalue weighted by atomic mass is 16.3. The van der Waals surface area contributed by atoms with E-state index < -0.39 is 0 Å². The maximum Gasteiger partial charge on any atom is 0.276 e. The number of rotatable bonds is 2. The molecule has 3 rings (SSSR count). The third kappa shape index (κ3) is 2.11. The number of hydrogen-bond donors (Lipinski definition) is 1. The van der Waals surface area contributed by atoms with E-state index in [0.717, 1.165) is 23.6 Å². The molecule has 2 aromatic rings. The number of aromatic nitrogens is 3. The Morgan fingerprint density at radius 1 is 1.50 bits per heavy atom. The van der Waals surface area contributed by atoms with E-state index in [-0.39, 0.29) is 11.8 Å². The minimum Gasteiger partial charge on any atom is -0.447 e. The smallest absolute Gasteiger partial charge is 0.276 e. The Bertz CT molecular complexity index is 641. The van der Waals surface area contributed by atoms with Crippen molar-refractivity contribution >= 4 is 5.91 Å². The molecule has 0 fully saturated rings. The Morgan fingerprint density at radius 3 is 3.05 bits per heavy atom. The summed E-state index contributed by atoms with van der Waals surface area (Å²) in [6, 6.07) is 0. The summed E-state index contributed by atoms with van der Waals surface area (Å²) in [7, 11) is 0. The van der Waals surface area contributed by atoms with E-state index in [1.165, 1.54) is 6.39 Å². The van der Waals surface area contributed by atoms with Gasteiger partial charge in [0.25, 0.3) is 5.91 Å². The number of imidazole rings is 1. The molecule has 0 atom stereocenters. The number of carbonyl (C=O) groups is 1. The lowest BCUT2D eigenvalue weighted by Gasteiger charge is -2.25. The lowest BCUT2D eigenvalue weighted by Crippen LogP contribution is -2.36. The Morgan fingerprint density at radius 2 is 2.30 bits per heavy atom. The summed E-state index contributed by atoms with van der Waals surface area (Å²) < 4.78 is 5.33. The highest BCUT2D eigenvalue weighted by Crippen LogP contribution is 2.23. The van der Waals surface area contributed by atoms with Gasteiger partial charge >= 0.3 is 0 Å². The van der Waals surface area contributed by atoms with Crippen LogP contribution < -0.4 is 0 Å². The van der Waals surface area contributed by atoms with E-state index >= 15 is 0 Å². The first kappa shape index (κ1) is 12.9. The molecule has 1 amide bonds. The van der Waals surface area contributed by atoms with Crippen molar-refractivity contribution in [1.29, 1.82) is 0 Å². The summed E-state index contributed by atoms with van der Waals surface area (Å²) in [5.74, 6) is 1.63. The average Bonchev–Trinajstić information content (AvgIpc) is 3.01. The van der Waals surface area contributed by atoms with Crippen molar-refractivity contribution in [3.8, 4) is 0 Å². The molecule has 0 saturated heterocycles. The average molecular weight is 274 g/mol. The molecule has 0 aliphatic carbocycles. The SMILES string of the molecule is Cc1nc2c([nH]1)CN(C(=O)c1ncoc1C(C)C)CC2. The van der Waals surface area contributed by atoms with E-state index in [0.29, 0.717) is 24.5 Å². The molecular formula is C14H18N4O2. The van der Waals surface area contributed by atoms with Crippen molar-refractivity contribution < 1.29 is 9.21 Å². The van der Waals surface area contributed by atoms with Gasteiger partial charge in [0.05, 0.1) is 17.9 Å². The summed E-state index contributed by atoms with van der Waals surface area (Å²) in [6.45, 7) is 7.13. The Labute approximate surface area is 117 Å². The largest absolute Gasteiger partial charge is 0.447 e. The van der Waals surface area contributed by atoms with Crippen LogP contribution in [0, 0.1) is 6.92 Å². The Balaban J connectivity index is 1.84. The number of fused-ring (bicyclic) bond motifs is 1. The first-order valence-corrected chi connectivity index (χ1v) is 6.83. The zero-order chi connectivity index (χ0) is 14.3. The molecular weight excluding hydrogens is 256 g/mol. The number of carbonyl (C=O) groups excluding carboxylic acids is 1. The minimum atomic E-state index is -0.0691. The van der Waals surface area contributed by atoms with Gasteiger partial charge in [0, 0.05) is 18.9 Å². The topological polar surface area (TPSA) is 75.0 Å². The van der Waals surface area contributed by atoms with Crippen LogP contribution in [0.1, 0.15) is 53.2 Å². The Hall–Kier alpha value is -2.11. The summed E-state index contributed by atoms with van der Waals surface area (Å²) in [5, 5.41) is 0. The molecule has 1 aliphatic rings. The van der Waals surface area contributed by atoms with Gasteiger partial charge in [0.2, 0.25) is 0 Å². The number of H-pyrrole nitrogens is 1. The van der Waals surface area contributed by atoms with Crippen LogP contribution >= 0.6 is 0 Å². The van der Waals surface area contributed by atoms with Crippen LogP contribution in [0.2, 0.25) is 0 Å². The van der Waals surface area contributed by atoms with Gasteiger partial charge < -0.3 is 14.3 Å². The maximum atomic E-state index is 12.6. The second-order valence-electron chi connectivity index (χ2n) is 5.44. The van der Waals surface area contributed by atoms with E-state index in [1.54, 1.807) is 4.90 Å². The van der Waals surface area contributed by atoms with E-state index in [1.807, 2.05) is 20.8 Å². The van der Waals surface area contributed by atoms with Crippen LogP contribution in [0.25, 0.3) is 0 Å². The predicted molar refractivity (Wildman–Crippen MR) is 72.4 cm³/mol. The van der Waals surface area contributed by atoms with E-state index in [9.17, 15) is 4.79 Å². The molecule has 3 heterocycles. The van der Waals surface area contributed by atoms with Crippen LogP contribution in [0.4, 0.5) is 0 Å². The van der Waals surface area contributed by atoms with Crippen LogP contribution in [0.3, 0.4) is 0 Å². The molecule has 0 aromatic carbocycles. The third-order valence-corrected chi connectivity index (χ3v) is 3.56.